The molecule has 42 heavy (non-hydrogen) atoms. The fraction of sp³-hybridized carbons (Fsp3) is 0.333. The molecule has 0 unspecified atom stereocenters. The first-order chi connectivity index (χ1) is 20.8. The van der Waals surface area contributed by atoms with Gasteiger partial charge >= 0.3 is 0 Å². The zero-order valence-electron chi connectivity index (χ0n) is 24.1. The van der Waals surface area contributed by atoms with Crippen LogP contribution in [0.15, 0.2) is 121 Å². The van der Waals surface area contributed by atoms with E-state index in [-0.39, 0.29) is 23.7 Å². The van der Waals surface area contributed by atoms with Crippen LogP contribution >= 0.6 is 11.8 Å². The van der Waals surface area contributed by atoms with Crippen molar-refractivity contribution in [3.8, 4) is 0 Å². The Bertz CT molecular complexity index is 1280. The van der Waals surface area contributed by atoms with Crippen molar-refractivity contribution in [2.45, 2.75) is 63.2 Å². The van der Waals surface area contributed by atoms with Crippen LogP contribution in [0.2, 0.25) is 0 Å². The van der Waals surface area contributed by atoms with Gasteiger partial charge < -0.3 is 23.7 Å². The summed E-state index contributed by atoms with van der Waals surface area (Å²) in [5, 5.41) is 0. The smallest absolute Gasteiger partial charge is 0.132 e. The first kappa shape index (κ1) is 30.5. The Morgan fingerprint density at radius 2 is 0.929 bits per heavy atom. The molecule has 0 saturated carbocycles. The highest BCUT2D eigenvalue weighted by Gasteiger charge is 2.48. The number of rotatable bonds is 15. The van der Waals surface area contributed by atoms with Gasteiger partial charge in [-0.2, -0.15) is 0 Å². The van der Waals surface area contributed by atoms with Crippen LogP contribution in [0.5, 0.6) is 0 Å². The van der Waals surface area contributed by atoms with E-state index in [1.54, 1.807) is 11.8 Å². The second-order valence-electron chi connectivity index (χ2n) is 10.3. The van der Waals surface area contributed by atoms with Crippen LogP contribution < -0.4 is 0 Å². The molecule has 0 amide bonds. The Morgan fingerprint density at radius 3 is 1.38 bits per heavy atom. The van der Waals surface area contributed by atoms with Gasteiger partial charge in [0.25, 0.3) is 0 Å². The molecule has 0 aliphatic carbocycles. The lowest BCUT2D eigenvalue weighted by Crippen LogP contribution is -2.60. The molecule has 0 radical (unpaired) electrons. The molecule has 1 aliphatic heterocycles. The lowest BCUT2D eigenvalue weighted by Gasteiger charge is -2.46. The molecule has 220 valence electrons. The minimum atomic E-state index is -0.404. The van der Waals surface area contributed by atoms with E-state index in [0.29, 0.717) is 33.0 Å². The first-order valence-corrected chi connectivity index (χ1v) is 15.7. The van der Waals surface area contributed by atoms with E-state index in [1.165, 1.54) is 0 Å². The van der Waals surface area contributed by atoms with E-state index in [1.807, 2.05) is 72.8 Å². The minimum absolute atomic E-state index is 0.235. The van der Waals surface area contributed by atoms with Crippen LogP contribution in [-0.4, -0.2) is 42.2 Å². The van der Waals surface area contributed by atoms with Crippen LogP contribution in [0, 0.1) is 0 Å². The van der Waals surface area contributed by atoms with E-state index in [9.17, 15) is 0 Å². The molecule has 4 aromatic carbocycles. The molecular formula is C36H40O5S. The van der Waals surface area contributed by atoms with E-state index in [0.717, 1.165) is 28.0 Å². The van der Waals surface area contributed by atoms with Crippen LogP contribution in [-0.2, 0) is 50.1 Å². The summed E-state index contributed by atoms with van der Waals surface area (Å²) >= 11 is 1.73. The SMILES string of the molecule is CCS[C@@H]1O[C@H](COCc2ccccc2)[C@@H](OCc2ccccc2)[C@H](OCc2ccccc2)[C@@H]1OCc1ccccc1. The molecule has 0 N–H and O–H groups in total. The van der Waals surface area contributed by atoms with Gasteiger partial charge in [0.15, 0.2) is 0 Å². The highest BCUT2D eigenvalue weighted by molar-refractivity contribution is 7.99. The van der Waals surface area contributed by atoms with Crippen molar-refractivity contribution in [3.63, 3.8) is 0 Å². The topological polar surface area (TPSA) is 46.2 Å². The van der Waals surface area contributed by atoms with Gasteiger partial charge in [0.2, 0.25) is 0 Å². The van der Waals surface area contributed by atoms with Gasteiger partial charge in [0, 0.05) is 0 Å². The Morgan fingerprint density at radius 1 is 0.524 bits per heavy atom. The average Bonchev–Trinajstić information content (AvgIpc) is 3.05. The van der Waals surface area contributed by atoms with E-state index in [4.69, 9.17) is 23.7 Å². The van der Waals surface area contributed by atoms with Crippen molar-refractivity contribution in [2.24, 2.45) is 0 Å². The molecule has 1 saturated heterocycles. The molecular weight excluding hydrogens is 544 g/mol. The van der Waals surface area contributed by atoms with Gasteiger partial charge in [-0.15, -0.1) is 11.8 Å². The number of ether oxygens (including phenoxy) is 5. The van der Waals surface area contributed by atoms with Crippen molar-refractivity contribution in [3.05, 3.63) is 144 Å². The van der Waals surface area contributed by atoms with Gasteiger partial charge in [-0.1, -0.05) is 128 Å². The van der Waals surface area contributed by atoms with Crippen molar-refractivity contribution in [1.29, 1.82) is 0 Å². The summed E-state index contributed by atoms with van der Waals surface area (Å²) in [6, 6.07) is 40.9. The van der Waals surface area contributed by atoms with Crippen LogP contribution in [0.3, 0.4) is 0 Å². The van der Waals surface area contributed by atoms with Gasteiger partial charge in [-0.25, -0.2) is 0 Å². The fourth-order valence-corrected chi connectivity index (χ4v) is 6.02. The normalized spacial score (nSPS) is 22.2. The Labute approximate surface area is 254 Å². The number of hydrogen-bond acceptors (Lipinski definition) is 6. The highest BCUT2D eigenvalue weighted by Crippen LogP contribution is 2.35. The molecule has 4 aromatic rings. The molecule has 5 nitrogen and oxygen atoms in total. The Hall–Kier alpha value is -2.97. The van der Waals surface area contributed by atoms with Crippen LogP contribution in [0.4, 0.5) is 0 Å². The fourth-order valence-electron chi connectivity index (χ4n) is 5.05. The molecule has 1 aliphatic rings. The largest absolute Gasteiger partial charge is 0.374 e. The number of hydrogen-bond donors (Lipinski definition) is 0. The molecule has 6 heteroatoms. The maximum absolute atomic E-state index is 6.76. The van der Waals surface area contributed by atoms with Gasteiger partial charge in [0.1, 0.15) is 29.9 Å². The average molecular weight is 585 g/mol. The van der Waals surface area contributed by atoms with E-state index in [2.05, 4.69) is 55.5 Å². The molecule has 1 fully saturated rings. The van der Waals surface area contributed by atoms with Gasteiger partial charge in [-0.3, -0.25) is 0 Å². The maximum atomic E-state index is 6.76. The molecule has 0 aromatic heterocycles. The van der Waals surface area contributed by atoms with Crippen molar-refractivity contribution in [1.82, 2.24) is 0 Å². The Kier molecular flexibility index (Phi) is 12.1. The monoisotopic (exact) mass is 584 g/mol. The highest BCUT2D eigenvalue weighted by atomic mass is 32.2. The number of thioether (sulfide) groups is 1. The summed E-state index contributed by atoms with van der Waals surface area (Å²) in [6.07, 6.45) is -1.45. The third-order valence-electron chi connectivity index (χ3n) is 7.17. The maximum Gasteiger partial charge on any atom is 0.132 e. The predicted octanol–water partition coefficient (Wildman–Crippen LogP) is 7.44. The zero-order valence-corrected chi connectivity index (χ0v) is 24.9. The van der Waals surface area contributed by atoms with Crippen molar-refractivity contribution in [2.75, 3.05) is 12.4 Å². The molecule has 5 atom stereocenters. The van der Waals surface area contributed by atoms with Crippen LogP contribution in [0.25, 0.3) is 0 Å². The summed E-state index contributed by atoms with van der Waals surface area (Å²) in [6.45, 7) is 4.37. The standard InChI is InChI=1S/C36H40O5S/c1-2-42-36-35(40-26-31-21-13-6-14-22-31)34(39-25-30-19-11-5-12-20-30)33(38-24-29-17-9-4-10-18-29)32(41-36)27-37-23-28-15-7-3-8-16-28/h3-22,32-36H,2,23-27H2,1H3/t32-,33-,34+,35+,36+/m1/s1. The molecule has 0 bridgehead atoms. The van der Waals surface area contributed by atoms with Crippen molar-refractivity contribution >= 4 is 11.8 Å². The summed E-state index contributed by atoms with van der Waals surface area (Å²) in [7, 11) is 0. The van der Waals surface area contributed by atoms with Crippen LogP contribution in [0.1, 0.15) is 29.2 Å². The lowest BCUT2D eigenvalue weighted by atomic mass is 9.98. The number of benzene rings is 4. The summed E-state index contributed by atoms with van der Waals surface area (Å²) in [5.74, 6) is 0.883. The molecule has 1 heterocycles. The molecule has 5 rings (SSSR count). The molecule has 0 spiro atoms. The predicted molar refractivity (Wildman–Crippen MR) is 168 cm³/mol. The van der Waals surface area contributed by atoms with Crippen molar-refractivity contribution < 1.29 is 23.7 Å². The third kappa shape index (κ3) is 9.01. The second kappa shape index (κ2) is 16.6. The third-order valence-corrected chi connectivity index (χ3v) is 8.21. The second-order valence-corrected chi connectivity index (χ2v) is 11.7. The quantitative estimate of drug-likeness (QED) is 0.145. The van der Waals surface area contributed by atoms with E-state index < -0.39 is 6.10 Å². The summed E-state index contributed by atoms with van der Waals surface area (Å²) in [4.78, 5) is 0. The van der Waals surface area contributed by atoms with Gasteiger partial charge in [-0.05, 0) is 28.0 Å². The Balaban J connectivity index is 1.40. The summed E-state index contributed by atoms with van der Waals surface area (Å²) < 4.78 is 33.1. The first-order valence-electron chi connectivity index (χ1n) is 14.7. The lowest BCUT2D eigenvalue weighted by molar-refractivity contribution is -0.254. The minimum Gasteiger partial charge on any atom is -0.374 e. The summed E-state index contributed by atoms with van der Waals surface area (Å²) in [5.41, 5.74) is 4.19. The van der Waals surface area contributed by atoms with E-state index >= 15 is 0 Å². The van der Waals surface area contributed by atoms with Gasteiger partial charge in [0.05, 0.1) is 33.0 Å². The zero-order chi connectivity index (χ0) is 28.8.